The summed E-state index contributed by atoms with van der Waals surface area (Å²) in [6.07, 6.45) is -2.24. The van der Waals surface area contributed by atoms with E-state index < -0.39 is 49.2 Å². The van der Waals surface area contributed by atoms with Gasteiger partial charge in [0.2, 0.25) is 0 Å². The van der Waals surface area contributed by atoms with Crippen LogP contribution in [0.15, 0.2) is 30.3 Å². The van der Waals surface area contributed by atoms with E-state index in [9.17, 15) is 17.6 Å². The molecule has 0 aliphatic carbocycles. The lowest BCUT2D eigenvalue weighted by Gasteiger charge is -2.41. The van der Waals surface area contributed by atoms with E-state index in [1.807, 2.05) is 4.90 Å². The van der Waals surface area contributed by atoms with E-state index in [4.69, 9.17) is 4.74 Å². The van der Waals surface area contributed by atoms with Crippen LogP contribution in [0.25, 0.3) is 10.9 Å². The third-order valence-corrected chi connectivity index (χ3v) is 7.08. The maximum atomic E-state index is 15.5. The third kappa shape index (κ3) is 4.68. The Hall–Kier alpha value is -2.72. The molecule has 0 radical (unpaired) electrons. The summed E-state index contributed by atoms with van der Waals surface area (Å²) in [7, 11) is 0. The van der Waals surface area contributed by atoms with Gasteiger partial charge in [0.15, 0.2) is 0 Å². The standard InChI is InChI=1S/C26H27F6N3O/c1-14-7-19-18-8-15(28)3-4-22(18)33-25(19)26(35(14)13-23(31)32)24-20(29)9-16(10-21(24)30)36-17-11-34(12-17)6-2-5-27/h3-4,8-10,14,17,23,26,33H,2,5-7,11-13H2,1H3/t14-,26-/m0/s1. The number of H-pyrrole nitrogens is 1. The van der Waals surface area contributed by atoms with Crippen molar-refractivity contribution in [1.29, 1.82) is 0 Å². The van der Waals surface area contributed by atoms with Crippen molar-refractivity contribution in [3.8, 4) is 5.75 Å². The first-order chi connectivity index (χ1) is 17.2. The zero-order chi connectivity index (χ0) is 25.6. The van der Waals surface area contributed by atoms with Crippen LogP contribution in [0.5, 0.6) is 5.75 Å². The first-order valence-corrected chi connectivity index (χ1v) is 12.0. The lowest BCUT2D eigenvalue weighted by atomic mass is 9.88. The van der Waals surface area contributed by atoms with Gasteiger partial charge in [0, 0.05) is 60.0 Å². The fourth-order valence-corrected chi connectivity index (χ4v) is 5.43. The lowest BCUT2D eigenvalue weighted by Crippen LogP contribution is -2.53. The molecule has 1 aromatic heterocycles. The molecule has 10 heteroatoms. The molecule has 2 aromatic carbocycles. The maximum absolute atomic E-state index is 15.5. The summed E-state index contributed by atoms with van der Waals surface area (Å²) >= 11 is 0. The van der Waals surface area contributed by atoms with Crippen molar-refractivity contribution in [1.82, 2.24) is 14.8 Å². The van der Waals surface area contributed by atoms with Crippen LogP contribution in [0.4, 0.5) is 26.3 Å². The number of nitrogens with zero attached hydrogens (tertiary/aromatic N) is 2. The molecule has 0 saturated carbocycles. The van der Waals surface area contributed by atoms with Crippen molar-refractivity contribution in [2.24, 2.45) is 0 Å². The highest BCUT2D eigenvalue weighted by Gasteiger charge is 2.40. The molecule has 5 rings (SSSR count). The molecule has 3 aromatic rings. The molecule has 0 unspecified atom stereocenters. The molecule has 194 valence electrons. The lowest BCUT2D eigenvalue weighted by molar-refractivity contribution is 0.0179. The third-order valence-electron chi connectivity index (χ3n) is 7.08. The zero-order valence-corrected chi connectivity index (χ0v) is 19.7. The summed E-state index contributed by atoms with van der Waals surface area (Å²) in [5.41, 5.74) is 1.25. The van der Waals surface area contributed by atoms with Gasteiger partial charge in [0.25, 0.3) is 6.43 Å². The quantitative estimate of drug-likeness (QED) is 0.399. The van der Waals surface area contributed by atoms with E-state index in [0.717, 1.165) is 12.1 Å². The second-order valence-electron chi connectivity index (χ2n) is 9.59. The summed E-state index contributed by atoms with van der Waals surface area (Å²) in [5, 5.41) is 0.571. The second-order valence-corrected chi connectivity index (χ2v) is 9.59. The first kappa shape index (κ1) is 25.0. The van der Waals surface area contributed by atoms with Gasteiger partial charge in [-0.1, -0.05) is 0 Å². The van der Waals surface area contributed by atoms with Crippen LogP contribution in [0, 0.1) is 17.5 Å². The molecule has 0 amide bonds. The predicted molar refractivity (Wildman–Crippen MR) is 124 cm³/mol. The molecule has 1 fully saturated rings. The number of hydrogen-bond acceptors (Lipinski definition) is 3. The van der Waals surface area contributed by atoms with Crippen LogP contribution in [0.3, 0.4) is 0 Å². The molecule has 36 heavy (non-hydrogen) atoms. The summed E-state index contributed by atoms with van der Waals surface area (Å²) < 4.78 is 90.1. The van der Waals surface area contributed by atoms with Crippen LogP contribution in [-0.2, 0) is 6.42 Å². The summed E-state index contributed by atoms with van der Waals surface area (Å²) in [6.45, 7) is 2.28. The van der Waals surface area contributed by atoms with Crippen molar-refractivity contribution in [2.45, 2.75) is 44.4 Å². The maximum Gasteiger partial charge on any atom is 0.251 e. The van der Waals surface area contributed by atoms with Gasteiger partial charge >= 0.3 is 0 Å². The van der Waals surface area contributed by atoms with Crippen molar-refractivity contribution < 1.29 is 31.1 Å². The molecule has 2 aliphatic rings. The van der Waals surface area contributed by atoms with Crippen molar-refractivity contribution >= 4 is 10.9 Å². The Kier molecular flexibility index (Phi) is 6.91. The molecular formula is C26H27F6N3O. The minimum absolute atomic E-state index is 0.00657. The van der Waals surface area contributed by atoms with Gasteiger partial charge in [-0.3, -0.25) is 14.2 Å². The normalized spacial score (nSPS) is 21.2. The average Bonchev–Trinajstić information content (AvgIpc) is 3.13. The van der Waals surface area contributed by atoms with Gasteiger partial charge < -0.3 is 9.72 Å². The smallest absolute Gasteiger partial charge is 0.251 e. The van der Waals surface area contributed by atoms with Crippen LogP contribution < -0.4 is 4.74 Å². The van der Waals surface area contributed by atoms with Crippen LogP contribution in [-0.4, -0.2) is 66.2 Å². The Balaban J connectivity index is 1.50. The Morgan fingerprint density at radius 2 is 1.81 bits per heavy atom. The number of aromatic nitrogens is 1. The number of hydrogen-bond donors (Lipinski definition) is 1. The number of alkyl halides is 3. The number of halogens is 6. The molecular weight excluding hydrogens is 484 g/mol. The Morgan fingerprint density at radius 3 is 2.47 bits per heavy atom. The van der Waals surface area contributed by atoms with Crippen molar-refractivity contribution in [3.05, 3.63) is 64.6 Å². The van der Waals surface area contributed by atoms with E-state index in [1.54, 1.807) is 6.92 Å². The molecule has 2 atom stereocenters. The fraction of sp³-hybridized carbons (Fsp3) is 0.462. The molecule has 0 spiro atoms. The largest absolute Gasteiger partial charge is 0.488 e. The van der Waals surface area contributed by atoms with E-state index in [0.29, 0.717) is 54.6 Å². The zero-order valence-electron chi connectivity index (χ0n) is 19.7. The SMILES string of the molecule is C[C@H]1Cc2c([nH]c3ccc(F)cc23)[C@H](c2c(F)cc(OC3CN(CCCF)C3)cc2F)N1CC(F)F. The molecule has 4 nitrogen and oxygen atoms in total. The fourth-order valence-electron chi connectivity index (χ4n) is 5.43. The monoisotopic (exact) mass is 511 g/mol. The Labute approximate surface area is 204 Å². The molecule has 1 saturated heterocycles. The average molecular weight is 512 g/mol. The van der Waals surface area contributed by atoms with E-state index >= 15 is 8.78 Å². The van der Waals surface area contributed by atoms with Crippen molar-refractivity contribution in [3.63, 3.8) is 0 Å². The van der Waals surface area contributed by atoms with Gasteiger partial charge in [-0.2, -0.15) is 0 Å². The van der Waals surface area contributed by atoms with E-state index in [2.05, 4.69) is 4.98 Å². The van der Waals surface area contributed by atoms with E-state index in [-0.39, 0.29) is 17.4 Å². The summed E-state index contributed by atoms with van der Waals surface area (Å²) in [6, 6.07) is 4.67. The Bertz CT molecular complexity index is 1220. The molecule has 2 aliphatic heterocycles. The number of rotatable bonds is 8. The summed E-state index contributed by atoms with van der Waals surface area (Å²) in [4.78, 5) is 6.47. The highest BCUT2D eigenvalue weighted by Crippen LogP contribution is 2.43. The Morgan fingerprint density at radius 1 is 1.08 bits per heavy atom. The summed E-state index contributed by atoms with van der Waals surface area (Å²) in [5.74, 6) is -2.27. The molecule has 0 bridgehead atoms. The topological polar surface area (TPSA) is 31.5 Å². The number of nitrogens with one attached hydrogen (secondary N) is 1. The van der Waals surface area contributed by atoms with Crippen molar-refractivity contribution in [2.75, 3.05) is 32.9 Å². The molecule has 1 N–H and O–H groups in total. The van der Waals surface area contributed by atoms with Crippen LogP contribution in [0.1, 0.15) is 36.2 Å². The van der Waals surface area contributed by atoms with Gasteiger partial charge in [-0.25, -0.2) is 22.0 Å². The predicted octanol–water partition coefficient (Wildman–Crippen LogP) is 5.61. The number of fused-ring (bicyclic) bond motifs is 3. The van der Waals surface area contributed by atoms with Gasteiger partial charge in [0.05, 0.1) is 19.3 Å². The van der Waals surface area contributed by atoms with Gasteiger partial charge in [-0.05, 0) is 43.5 Å². The minimum atomic E-state index is -2.72. The molecule has 3 heterocycles. The van der Waals surface area contributed by atoms with E-state index in [1.165, 1.54) is 23.1 Å². The first-order valence-electron chi connectivity index (χ1n) is 12.0. The number of benzene rings is 2. The highest BCUT2D eigenvalue weighted by molar-refractivity contribution is 5.85. The van der Waals surface area contributed by atoms with Crippen LogP contribution in [0.2, 0.25) is 0 Å². The number of aromatic amines is 1. The van der Waals surface area contributed by atoms with Crippen LogP contribution >= 0.6 is 0 Å². The van der Waals surface area contributed by atoms with Gasteiger partial charge in [-0.15, -0.1) is 0 Å². The second kappa shape index (κ2) is 9.97. The highest BCUT2D eigenvalue weighted by atomic mass is 19.3. The number of likely N-dealkylation sites (tertiary alicyclic amines) is 1. The number of ether oxygens (including phenoxy) is 1. The minimum Gasteiger partial charge on any atom is -0.488 e. The van der Waals surface area contributed by atoms with Gasteiger partial charge in [0.1, 0.15) is 29.3 Å².